The molecule has 2 aromatic rings. The van der Waals surface area contributed by atoms with Crippen LogP contribution in [0.2, 0.25) is 0 Å². The van der Waals surface area contributed by atoms with Crippen LogP contribution < -0.4 is 10.1 Å². The first-order valence-corrected chi connectivity index (χ1v) is 11.0. The van der Waals surface area contributed by atoms with E-state index in [1.165, 1.54) is 4.31 Å². The van der Waals surface area contributed by atoms with E-state index in [4.69, 9.17) is 4.74 Å². The molecule has 0 aliphatic carbocycles. The average molecular weight is 403 g/mol. The van der Waals surface area contributed by atoms with Crippen molar-refractivity contribution < 1.29 is 17.9 Å². The maximum atomic E-state index is 12.9. The predicted octanol–water partition coefficient (Wildman–Crippen LogP) is 3.18. The maximum Gasteiger partial charge on any atom is 0.228 e. The smallest absolute Gasteiger partial charge is 0.228 e. The van der Waals surface area contributed by atoms with Crippen LogP contribution in [0.15, 0.2) is 48.5 Å². The summed E-state index contributed by atoms with van der Waals surface area (Å²) in [5.41, 5.74) is 2.34. The lowest BCUT2D eigenvalue weighted by atomic mass is 9.98. The summed E-state index contributed by atoms with van der Waals surface area (Å²) in [4.78, 5) is 12.7. The second-order valence-corrected chi connectivity index (χ2v) is 9.04. The van der Waals surface area contributed by atoms with E-state index >= 15 is 0 Å². The second kappa shape index (κ2) is 8.75. The number of hydrogen-bond donors (Lipinski definition) is 1. The first-order valence-electron chi connectivity index (χ1n) is 9.37. The quantitative estimate of drug-likeness (QED) is 0.805. The number of aryl methyl sites for hydroxylation is 1. The molecule has 1 fully saturated rings. The number of hydrogen-bond acceptors (Lipinski definition) is 4. The van der Waals surface area contributed by atoms with Crippen molar-refractivity contribution in [2.24, 2.45) is 5.92 Å². The summed E-state index contributed by atoms with van der Waals surface area (Å²) in [6.07, 6.45) is 1.33. The third kappa shape index (κ3) is 4.72. The van der Waals surface area contributed by atoms with E-state index < -0.39 is 10.0 Å². The van der Waals surface area contributed by atoms with E-state index in [0.717, 1.165) is 11.1 Å². The number of sulfonamides is 1. The van der Waals surface area contributed by atoms with E-state index in [2.05, 4.69) is 5.32 Å². The van der Waals surface area contributed by atoms with E-state index in [9.17, 15) is 13.2 Å². The monoisotopic (exact) mass is 402 g/mol. The Hall–Kier alpha value is -2.38. The molecule has 0 spiro atoms. The van der Waals surface area contributed by atoms with E-state index in [-0.39, 0.29) is 24.1 Å². The van der Waals surface area contributed by atoms with Gasteiger partial charge in [-0.15, -0.1) is 0 Å². The molecule has 28 heavy (non-hydrogen) atoms. The molecule has 0 bridgehead atoms. The lowest BCUT2D eigenvalue weighted by molar-refractivity contribution is -0.120. The first kappa shape index (κ1) is 20.4. The van der Waals surface area contributed by atoms with E-state index in [1.807, 2.05) is 43.3 Å². The average Bonchev–Trinajstić information content (AvgIpc) is 2.70. The molecule has 2 aromatic carbocycles. The summed E-state index contributed by atoms with van der Waals surface area (Å²) >= 11 is 0. The van der Waals surface area contributed by atoms with Crippen LogP contribution in [0.5, 0.6) is 5.75 Å². The molecule has 0 unspecified atom stereocenters. The van der Waals surface area contributed by atoms with Gasteiger partial charge in [0.2, 0.25) is 15.9 Å². The number of anilines is 1. The summed E-state index contributed by atoms with van der Waals surface area (Å²) in [7, 11) is -1.94. The van der Waals surface area contributed by atoms with Crippen molar-refractivity contribution >= 4 is 21.6 Å². The standard InChI is InChI=1S/C21H26N2O4S/c1-16-8-3-4-9-18(16)15-28(25,26)23-13-7-10-17(14-23)21(24)22-19-11-5-6-12-20(19)27-2/h3-6,8-9,11-12,17H,7,10,13-15H2,1-2H3,(H,22,24)/t17-/m0/s1. The van der Waals surface area contributed by atoms with Crippen molar-refractivity contribution in [1.29, 1.82) is 0 Å². The number of rotatable bonds is 6. The van der Waals surface area contributed by atoms with Crippen molar-refractivity contribution in [1.82, 2.24) is 4.31 Å². The Bertz CT molecular complexity index is 943. The number of ether oxygens (including phenoxy) is 1. The molecule has 1 heterocycles. The minimum absolute atomic E-state index is 0.0412. The summed E-state index contributed by atoms with van der Waals surface area (Å²) in [6, 6.07) is 14.7. The predicted molar refractivity (Wildman–Crippen MR) is 110 cm³/mol. The highest BCUT2D eigenvalue weighted by Gasteiger charge is 2.32. The Kier molecular flexibility index (Phi) is 6.36. The normalized spacial score (nSPS) is 17.9. The van der Waals surface area contributed by atoms with Crippen LogP contribution in [0.4, 0.5) is 5.69 Å². The van der Waals surface area contributed by atoms with Gasteiger partial charge in [-0.3, -0.25) is 4.79 Å². The molecular formula is C21H26N2O4S. The highest BCUT2D eigenvalue weighted by Crippen LogP contribution is 2.27. The van der Waals surface area contributed by atoms with Crippen LogP contribution in [0.3, 0.4) is 0 Å². The third-order valence-electron chi connectivity index (χ3n) is 5.11. The number of carbonyl (C=O) groups is 1. The Morgan fingerprint density at radius 2 is 1.89 bits per heavy atom. The van der Waals surface area contributed by atoms with Gasteiger partial charge in [0.25, 0.3) is 0 Å². The van der Waals surface area contributed by atoms with Crippen molar-refractivity contribution in [2.45, 2.75) is 25.5 Å². The number of carbonyl (C=O) groups excluding carboxylic acids is 1. The first-order chi connectivity index (χ1) is 13.4. The molecule has 0 saturated carbocycles. The Morgan fingerprint density at radius 1 is 1.18 bits per heavy atom. The number of methoxy groups -OCH3 is 1. The fourth-order valence-electron chi connectivity index (χ4n) is 3.45. The summed E-state index contributed by atoms with van der Waals surface area (Å²) in [6.45, 7) is 2.56. The number of benzene rings is 2. The summed E-state index contributed by atoms with van der Waals surface area (Å²) in [5.74, 6) is -0.0261. The van der Waals surface area contributed by atoms with Gasteiger partial charge in [0.05, 0.1) is 24.5 Å². The van der Waals surface area contributed by atoms with Crippen LogP contribution in [0, 0.1) is 12.8 Å². The van der Waals surface area contributed by atoms with Gasteiger partial charge < -0.3 is 10.1 Å². The van der Waals surface area contributed by atoms with Gasteiger partial charge in [-0.1, -0.05) is 36.4 Å². The molecule has 1 amide bonds. The molecule has 7 heteroatoms. The Labute approximate surface area is 166 Å². The van der Waals surface area contributed by atoms with Crippen LogP contribution in [0.1, 0.15) is 24.0 Å². The number of nitrogens with one attached hydrogen (secondary N) is 1. The van der Waals surface area contributed by atoms with Gasteiger partial charge in [-0.25, -0.2) is 12.7 Å². The molecular weight excluding hydrogens is 376 g/mol. The molecule has 1 N–H and O–H groups in total. The van der Waals surface area contributed by atoms with Gasteiger partial charge in [-0.2, -0.15) is 0 Å². The van der Waals surface area contributed by atoms with Crippen LogP contribution in [-0.2, 0) is 20.6 Å². The van der Waals surface area contributed by atoms with Gasteiger partial charge >= 0.3 is 0 Å². The Balaban J connectivity index is 1.69. The van der Waals surface area contributed by atoms with Gasteiger partial charge in [0.15, 0.2) is 0 Å². The van der Waals surface area contributed by atoms with Crippen molar-refractivity contribution in [3.63, 3.8) is 0 Å². The highest BCUT2D eigenvalue weighted by molar-refractivity contribution is 7.88. The summed E-state index contributed by atoms with van der Waals surface area (Å²) in [5, 5.41) is 2.88. The molecule has 1 aliphatic rings. The lowest BCUT2D eigenvalue weighted by Gasteiger charge is -2.31. The lowest BCUT2D eigenvalue weighted by Crippen LogP contribution is -2.44. The molecule has 3 rings (SSSR count). The third-order valence-corrected chi connectivity index (χ3v) is 6.91. The topological polar surface area (TPSA) is 75.7 Å². The zero-order valence-electron chi connectivity index (χ0n) is 16.2. The van der Waals surface area contributed by atoms with Crippen molar-refractivity contribution in [3.05, 3.63) is 59.7 Å². The fraction of sp³-hybridized carbons (Fsp3) is 0.381. The van der Waals surface area contributed by atoms with Gasteiger partial charge in [0.1, 0.15) is 5.75 Å². The molecule has 1 aliphatic heterocycles. The fourth-order valence-corrected chi connectivity index (χ4v) is 5.17. The Morgan fingerprint density at radius 3 is 2.64 bits per heavy atom. The maximum absolute atomic E-state index is 12.9. The molecule has 0 aromatic heterocycles. The molecule has 1 saturated heterocycles. The number of piperidine rings is 1. The number of nitrogens with zero attached hydrogens (tertiary/aromatic N) is 1. The molecule has 150 valence electrons. The molecule has 6 nitrogen and oxygen atoms in total. The highest BCUT2D eigenvalue weighted by atomic mass is 32.2. The van der Waals surface area contributed by atoms with Gasteiger partial charge in [-0.05, 0) is 43.0 Å². The summed E-state index contributed by atoms with van der Waals surface area (Å²) < 4.78 is 32.5. The van der Waals surface area contributed by atoms with Crippen LogP contribution in [-0.4, -0.2) is 38.8 Å². The zero-order valence-corrected chi connectivity index (χ0v) is 17.0. The zero-order chi connectivity index (χ0) is 20.1. The minimum Gasteiger partial charge on any atom is -0.495 e. The van der Waals surface area contributed by atoms with Crippen molar-refractivity contribution in [3.8, 4) is 5.75 Å². The second-order valence-electron chi connectivity index (χ2n) is 7.07. The SMILES string of the molecule is COc1ccccc1NC(=O)[C@H]1CCCN(S(=O)(=O)Cc2ccccc2C)C1. The van der Waals surface area contributed by atoms with Gasteiger partial charge in [0, 0.05) is 13.1 Å². The number of amides is 1. The van der Waals surface area contributed by atoms with E-state index in [0.29, 0.717) is 30.8 Å². The van der Waals surface area contributed by atoms with E-state index in [1.54, 1.807) is 19.2 Å². The number of para-hydroxylation sites is 2. The largest absolute Gasteiger partial charge is 0.495 e. The van der Waals surface area contributed by atoms with Crippen molar-refractivity contribution in [2.75, 3.05) is 25.5 Å². The minimum atomic E-state index is -3.48. The molecule has 0 radical (unpaired) electrons. The van der Waals surface area contributed by atoms with Crippen LogP contribution in [0.25, 0.3) is 0 Å². The molecule has 1 atom stereocenters. The van der Waals surface area contributed by atoms with Crippen LogP contribution >= 0.6 is 0 Å².